The Morgan fingerprint density at radius 2 is 1.86 bits per heavy atom. The topological polar surface area (TPSA) is 34.1 Å². The monoisotopic (exact) mass is 360 g/mol. The Hall–Kier alpha value is -1.08. The van der Waals surface area contributed by atoms with Gasteiger partial charge in [0.2, 0.25) is 0 Å². The largest absolute Gasteiger partial charge is 0.297 e. The summed E-state index contributed by atoms with van der Waals surface area (Å²) in [7, 11) is 0. The molecule has 2 atom stereocenters. The first-order valence-corrected chi connectivity index (χ1v) is 10.1. The summed E-state index contributed by atoms with van der Waals surface area (Å²) in [5.41, 5.74) is 1.35. The van der Waals surface area contributed by atoms with E-state index in [1.54, 1.807) is 34.4 Å². The van der Waals surface area contributed by atoms with E-state index in [1.165, 1.54) is 29.9 Å². The van der Waals surface area contributed by atoms with Crippen LogP contribution in [0.2, 0.25) is 0 Å². The van der Waals surface area contributed by atoms with Gasteiger partial charge < -0.3 is 0 Å². The molecule has 0 saturated carbocycles. The predicted octanol–water partition coefficient (Wildman–Crippen LogP) is 5.27. The van der Waals surface area contributed by atoms with E-state index in [0.717, 1.165) is 22.4 Å². The molecule has 0 aliphatic carbocycles. The van der Waals surface area contributed by atoms with Crippen molar-refractivity contribution in [3.05, 3.63) is 39.6 Å². The molecule has 2 unspecified atom stereocenters. The molecule has 2 aromatic heterocycles. The van der Waals surface area contributed by atoms with E-state index < -0.39 is 0 Å². The minimum Gasteiger partial charge on any atom is -0.297 e. The lowest BCUT2D eigenvalue weighted by molar-refractivity contribution is -0.104. The molecule has 22 heavy (non-hydrogen) atoms. The maximum atomic E-state index is 11.0. The van der Waals surface area contributed by atoms with Crippen molar-refractivity contribution in [3.63, 3.8) is 0 Å². The van der Waals surface area contributed by atoms with Gasteiger partial charge in [0.1, 0.15) is 0 Å². The molecule has 2 nitrogen and oxygen atoms in total. The van der Waals surface area contributed by atoms with Crippen LogP contribution in [-0.4, -0.2) is 17.8 Å². The number of hydrogen-bond donors (Lipinski definition) is 0. The molecular weight excluding hydrogens is 352 g/mol. The average Bonchev–Trinajstić information content (AvgIpc) is 3.22. The predicted molar refractivity (Wildman–Crippen MR) is 96.7 cm³/mol. The lowest BCUT2D eigenvalue weighted by Gasteiger charge is -2.07. The number of fused-ring (bicyclic) bond motifs is 6. The first-order valence-electron chi connectivity index (χ1n) is 6.72. The van der Waals surface area contributed by atoms with E-state index in [-0.39, 0.29) is 0 Å². The minimum atomic E-state index is 0.371. The maximum absolute atomic E-state index is 11.0. The number of carbonyl (C=O) groups excluding carboxylic acids is 2. The third-order valence-electron chi connectivity index (χ3n) is 3.99. The number of benzene rings is 1. The van der Waals surface area contributed by atoms with Gasteiger partial charge in [-0.3, -0.25) is 9.59 Å². The lowest BCUT2D eigenvalue weighted by atomic mass is 10.1. The van der Waals surface area contributed by atoms with Gasteiger partial charge in [-0.15, -0.1) is 46.2 Å². The van der Waals surface area contributed by atoms with Gasteiger partial charge in [0.05, 0.1) is 14.8 Å². The van der Waals surface area contributed by atoms with Crippen molar-refractivity contribution in [1.29, 1.82) is 0 Å². The Balaban J connectivity index is 1.69. The van der Waals surface area contributed by atoms with Crippen molar-refractivity contribution in [2.75, 3.05) is 0 Å². The van der Waals surface area contributed by atoms with Crippen molar-refractivity contribution < 1.29 is 9.59 Å². The van der Waals surface area contributed by atoms with Gasteiger partial charge in [-0.2, -0.15) is 0 Å². The second-order valence-corrected chi connectivity index (χ2v) is 9.86. The highest BCUT2D eigenvalue weighted by atomic mass is 32.2. The highest BCUT2D eigenvalue weighted by molar-refractivity contribution is 8.07. The average molecular weight is 361 g/mol. The SMILES string of the molecule is O=CC1=CC2Sc3cc4c(cc3C2S1)sc1cc(C=O)sc14. The fourth-order valence-electron chi connectivity index (χ4n) is 3.05. The highest BCUT2D eigenvalue weighted by Gasteiger charge is 2.38. The molecule has 3 aromatic rings. The molecular formula is C16H8O2S4. The molecule has 1 aromatic carbocycles. The van der Waals surface area contributed by atoms with Crippen LogP contribution in [0.1, 0.15) is 20.5 Å². The van der Waals surface area contributed by atoms with Gasteiger partial charge in [-0.05, 0) is 23.8 Å². The Morgan fingerprint density at radius 1 is 0.955 bits per heavy atom. The summed E-state index contributed by atoms with van der Waals surface area (Å²) in [6.07, 6.45) is 3.98. The summed E-state index contributed by atoms with van der Waals surface area (Å²) in [5, 5.41) is 2.00. The minimum absolute atomic E-state index is 0.371. The summed E-state index contributed by atoms with van der Waals surface area (Å²) < 4.78 is 3.69. The van der Waals surface area contributed by atoms with Gasteiger partial charge in [0.15, 0.2) is 12.6 Å². The smallest absolute Gasteiger partial charge is 0.160 e. The molecule has 4 heterocycles. The first-order chi connectivity index (χ1) is 10.8. The highest BCUT2D eigenvalue weighted by Crippen LogP contribution is 2.58. The van der Waals surface area contributed by atoms with Crippen molar-refractivity contribution in [2.24, 2.45) is 0 Å². The zero-order chi connectivity index (χ0) is 14.8. The lowest BCUT2D eigenvalue weighted by Crippen LogP contribution is -1.96. The van der Waals surface area contributed by atoms with Gasteiger partial charge in [0.25, 0.3) is 0 Å². The van der Waals surface area contributed by atoms with E-state index in [0.29, 0.717) is 10.5 Å². The van der Waals surface area contributed by atoms with Crippen LogP contribution in [0.5, 0.6) is 0 Å². The summed E-state index contributed by atoms with van der Waals surface area (Å²) in [5.74, 6) is 0. The Labute approximate surface area is 142 Å². The van der Waals surface area contributed by atoms with Crippen molar-refractivity contribution in [2.45, 2.75) is 15.4 Å². The van der Waals surface area contributed by atoms with Crippen molar-refractivity contribution in [3.8, 4) is 0 Å². The number of aldehydes is 2. The zero-order valence-electron chi connectivity index (χ0n) is 11.1. The quantitative estimate of drug-likeness (QED) is 0.583. The molecule has 0 spiro atoms. The molecule has 0 radical (unpaired) electrons. The molecule has 2 aliphatic rings. The number of thiophene rings is 2. The van der Waals surface area contributed by atoms with Crippen LogP contribution in [0.25, 0.3) is 19.5 Å². The fraction of sp³-hybridized carbons (Fsp3) is 0.125. The molecule has 0 fully saturated rings. The molecule has 0 bridgehead atoms. The van der Waals surface area contributed by atoms with E-state index in [1.807, 2.05) is 17.8 Å². The number of allylic oxidation sites excluding steroid dienone is 1. The van der Waals surface area contributed by atoms with Crippen molar-refractivity contribution in [1.82, 2.24) is 0 Å². The van der Waals surface area contributed by atoms with Crippen LogP contribution in [0.4, 0.5) is 0 Å². The molecule has 108 valence electrons. The number of thioether (sulfide) groups is 2. The molecule has 0 N–H and O–H groups in total. The molecule has 0 amide bonds. The van der Waals surface area contributed by atoms with Crippen LogP contribution in [0, 0.1) is 0 Å². The van der Waals surface area contributed by atoms with Crippen LogP contribution in [-0.2, 0) is 4.79 Å². The van der Waals surface area contributed by atoms with Crippen LogP contribution in [0.3, 0.4) is 0 Å². The van der Waals surface area contributed by atoms with Gasteiger partial charge in [0, 0.05) is 29.8 Å². The third-order valence-corrected chi connectivity index (χ3v) is 9.07. The molecule has 5 rings (SSSR count). The number of carbonyl (C=O) groups is 2. The van der Waals surface area contributed by atoms with E-state index in [9.17, 15) is 9.59 Å². The second-order valence-electron chi connectivity index (χ2n) is 5.26. The summed E-state index contributed by atoms with van der Waals surface area (Å²) in [6.45, 7) is 0. The molecule has 6 heteroatoms. The normalized spacial score (nSPS) is 22.8. The van der Waals surface area contributed by atoms with E-state index in [2.05, 4.69) is 18.2 Å². The summed E-state index contributed by atoms with van der Waals surface area (Å²) in [4.78, 5) is 24.9. The Kier molecular flexibility index (Phi) is 2.86. The standard InChI is InChI=1S/C16H8O2S4/c17-5-7-1-13-15(19-7)9-3-12-10(4-11(9)21-13)16-14(22-12)2-8(6-18)20-16/h1-6,13,15H. The number of rotatable bonds is 2. The third kappa shape index (κ3) is 1.75. The zero-order valence-corrected chi connectivity index (χ0v) is 14.3. The maximum Gasteiger partial charge on any atom is 0.160 e. The van der Waals surface area contributed by atoms with Gasteiger partial charge >= 0.3 is 0 Å². The summed E-state index contributed by atoms with van der Waals surface area (Å²) >= 11 is 6.85. The van der Waals surface area contributed by atoms with E-state index in [4.69, 9.17) is 0 Å². The van der Waals surface area contributed by atoms with Crippen LogP contribution in [0.15, 0.2) is 34.1 Å². The van der Waals surface area contributed by atoms with E-state index >= 15 is 0 Å². The van der Waals surface area contributed by atoms with Crippen LogP contribution < -0.4 is 0 Å². The van der Waals surface area contributed by atoms with Crippen molar-refractivity contribution >= 4 is 78.3 Å². The Morgan fingerprint density at radius 3 is 2.68 bits per heavy atom. The fourth-order valence-corrected chi connectivity index (χ4v) is 8.31. The van der Waals surface area contributed by atoms with Gasteiger partial charge in [-0.25, -0.2) is 0 Å². The summed E-state index contributed by atoms with van der Waals surface area (Å²) in [6, 6.07) is 6.54. The molecule has 0 saturated heterocycles. The number of hydrogen-bond acceptors (Lipinski definition) is 6. The first kappa shape index (κ1) is 13.4. The Bertz CT molecular complexity index is 995. The second kappa shape index (κ2) is 4.71. The van der Waals surface area contributed by atoms with Crippen LogP contribution >= 0.6 is 46.2 Å². The van der Waals surface area contributed by atoms with Gasteiger partial charge in [-0.1, -0.05) is 6.08 Å². The molecule has 2 aliphatic heterocycles.